The van der Waals surface area contributed by atoms with Crippen molar-refractivity contribution >= 4 is 5.91 Å². The highest BCUT2D eigenvalue weighted by Gasteiger charge is 2.59. The molecule has 2 aliphatic heterocycles. The van der Waals surface area contributed by atoms with Crippen LogP contribution in [0.2, 0.25) is 0 Å². The number of ether oxygens (including phenoxy) is 3. The van der Waals surface area contributed by atoms with Crippen molar-refractivity contribution in [1.82, 2.24) is 5.32 Å². The van der Waals surface area contributed by atoms with E-state index in [1.807, 2.05) is 0 Å². The van der Waals surface area contributed by atoms with Crippen molar-refractivity contribution in [3.8, 4) is 0 Å². The summed E-state index contributed by atoms with van der Waals surface area (Å²) in [6.07, 6.45) is 3.67. The minimum absolute atomic E-state index is 0.0218. The van der Waals surface area contributed by atoms with E-state index < -0.39 is 0 Å². The summed E-state index contributed by atoms with van der Waals surface area (Å²) in [6, 6.07) is 0.217. The molecular formula is C15H25NO4. The Morgan fingerprint density at radius 3 is 2.90 bits per heavy atom. The minimum atomic E-state index is -0.0218. The van der Waals surface area contributed by atoms with Crippen LogP contribution in [0, 0.1) is 11.3 Å². The lowest BCUT2D eigenvalue weighted by molar-refractivity contribution is -0.142. The zero-order chi connectivity index (χ0) is 14.2. The molecule has 1 aliphatic carbocycles. The van der Waals surface area contributed by atoms with Crippen LogP contribution < -0.4 is 5.32 Å². The van der Waals surface area contributed by atoms with Crippen LogP contribution in [0.4, 0.5) is 0 Å². The topological polar surface area (TPSA) is 56.8 Å². The molecule has 3 aliphatic rings. The van der Waals surface area contributed by atoms with Gasteiger partial charge in [-0.15, -0.1) is 0 Å². The summed E-state index contributed by atoms with van der Waals surface area (Å²) in [5.41, 5.74) is 0.0331. The second-order valence-corrected chi connectivity index (χ2v) is 6.76. The minimum Gasteiger partial charge on any atom is -0.377 e. The summed E-state index contributed by atoms with van der Waals surface area (Å²) in [5, 5.41) is 3.12. The molecule has 0 bridgehead atoms. The van der Waals surface area contributed by atoms with Gasteiger partial charge in [0.15, 0.2) is 0 Å². The van der Waals surface area contributed by atoms with E-state index in [0.717, 1.165) is 32.5 Å². The van der Waals surface area contributed by atoms with Crippen LogP contribution in [-0.2, 0) is 19.0 Å². The smallest absolute Gasteiger partial charge is 0.246 e. The molecule has 3 rings (SSSR count). The highest BCUT2D eigenvalue weighted by molar-refractivity contribution is 5.77. The van der Waals surface area contributed by atoms with Crippen LogP contribution >= 0.6 is 0 Å². The summed E-state index contributed by atoms with van der Waals surface area (Å²) in [7, 11) is 0. The summed E-state index contributed by atoms with van der Waals surface area (Å²) >= 11 is 0. The second kappa shape index (κ2) is 5.62. The van der Waals surface area contributed by atoms with E-state index in [-0.39, 0.29) is 30.1 Å². The van der Waals surface area contributed by atoms with E-state index >= 15 is 0 Å². The van der Waals surface area contributed by atoms with E-state index in [9.17, 15) is 4.79 Å². The van der Waals surface area contributed by atoms with Crippen molar-refractivity contribution in [2.24, 2.45) is 11.3 Å². The zero-order valence-electron chi connectivity index (χ0n) is 12.4. The fourth-order valence-electron chi connectivity index (χ4n) is 3.89. The van der Waals surface area contributed by atoms with Gasteiger partial charge in [-0.05, 0) is 19.3 Å². The molecule has 0 radical (unpaired) electrons. The van der Waals surface area contributed by atoms with Gasteiger partial charge in [0, 0.05) is 30.6 Å². The third-order valence-corrected chi connectivity index (χ3v) is 4.98. The third-order valence-electron chi connectivity index (χ3n) is 4.98. The standard InChI is InChI=1S/C15H25NO4/c1-15(2)13(11-5-7-20-14(11)15)16-12(17)9-18-8-10-4-3-6-19-10/h10-11,13-14H,3-9H2,1-2H3,(H,16,17)/t10-,11-,13+,14+/m0/s1. The Kier molecular flexibility index (Phi) is 4.02. The average Bonchev–Trinajstić information content (AvgIpc) is 3.06. The van der Waals surface area contributed by atoms with Gasteiger partial charge in [0.1, 0.15) is 6.61 Å². The number of amides is 1. The lowest BCUT2D eigenvalue weighted by Gasteiger charge is -2.54. The van der Waals surface area contributed by atoms with E-state index in [0.29, 0.717) is 18.6 Å². The van der Waals surface area contributed by atoms with Gasteiger partial charge in [0.05, 0.1) is 18.8 Å². The Hall–Kier alpha value is -0.650. The van der Waals surface area contributed by atoms with Crippen molar-refractivity contribution in [2.45, 2.75) is 51.4 Å². The van der Waals surface area contributed by atoms with Gasteiger partial charge in [-0.1, -0.05) is 13.8 Å². The van der Waals surface area contributed by atoms with E-state index in [1.165, 1.54) is 0 Å². The molecule has 5 nitrogen and oxygen atoms in total. The van der Waals surface area contributed by atoms with Gasteiger partial charge in [0.25, 0.3) is 0 Å². The van der Waals surface area contributed by atoms with E-state index in [1.54, 1.807) is 0 Å². The van der Waals surface area contributed by atoms with E-state index in [4.69, 9.17) is 14.2 Å². The molecule has 114 valence electrons. The fourth-order valence-corrected chi connectivity index (χ4v) is 3.89. The number of carbonyl (C=O) groups is 1. The molecule has 2 saturated heterocycles. The van der Waals surface area contributed by atoms with Gasteiger partial charge in [-0.3, -0.25) is 4.79 Å². The molecule has 2 heterocycles. The van der Waals surface area contributed by atoms with Crippen molar-refractivity contribution in [2.75, 3.05) is 26.4 Å². The number of hydrogen-bond acceptors (Lipinski definition) is 4. The highest BCUT2D eigenvalue weighted by Crippen LogP contribution is 2.52. The Morgan fingerprint density at radius 1 is 1.30 bits per heavy atom. The molecule has 1 N–H and O–H groups in total. The molecule has 4 atom stereocenters. The summed E-state index contributed by atoms with van der Waals surface area (Å²) < 4.78 is 16.7. The molecular weight excluding hydrogens is 258 g/mol. The maximum Gasteiger partial charge on any atom is 0.246 e. The van der Waals surface area contributed by atoms with Crippen LogP contribution in [0.1, 0.15) is 33.1 Å². The molecule has 3 fully saturated rings. The van der Waals surface area contributed by atoms with Crippen molar-refractivity contribution < 1.29 is 19.0 Å². The van der Waals surface area contributed by atoms with Crippen LogP contribution in [0.25, 0.3) is 0 Å². The average molecular weight is 283 g/mol. The number of rotatable bonds is 5. The zero-order valence-corrected chi connectivity index (χ0v) is 12.4. The summed E-state index contributed by atoms with van der Waals surface area (Å²) in [4.78, 5) is 12.0. The van der Waals surface area contributed by atoms with Gasteiger partial charge in [-0.2, -0.15) is 0 Å². The lowest BCUT2D eigenvalue weighted by atomic mass is 9.57. The fraction of sp³-hybridized carbons (Fsp3) is 0.933. The number of carbonyl (C=O) groups excluding carboxylic acids is 1. The van der Waals surface area contributed by atoms with Crippen LogP contribution in [0.3, 0.4) is 0 Å². The molecule has 1 saturated carbocycles. The normalized spacial score (nSPS) is 38.3. The largest absolute Gasteiger partial charge is 0.377 e. The van der Waals surface area contributed by atoms with Crippen molar-refractivity contribution in [1.29, 1.82) is 0 Å². The van der Waals surface area contributed by atoms with Gasteiger partial charge >= 0.3 is 0 Å². The van der Waals surface area contributed by atoms with E-state index in [2.05, 4.69) is 19.2 Å². The quantitative estimate of drug-likeness (QED) is 0.821. The maximum atomic E-state index is 12.0. The summed E-state index contributed by atoms with van der Waals surface area (Å²) in [6.45, 7) is 6.62. The molecule has 0 spiro atoms. The molecule has 5 heteroatoms. The maximum absolute atomic E-state index is 12.0. The first-order valence-corrected chi connectivity index (χ1v) is 7.69. The molecule has 0 aromatic carbocycles. The molecule has 20 heavy (non-hydrogen) atoms. The molecule has 0 aromatic heterocycles. The first-order chi connectivity index (χ1) is 9.59. The third kappa shape index (κ3) is 2.59. The number of fused-ring (bicyclic) bond motifs is 1. The Labute approximate surface area is 120 Å². The van der Waals surface area contributed by atoms with Crippen molar-refractivity contribution in [3.63, 3.8) is 0 Å². The second-order valence-electron chi connectivity index (χ2n) is 6.76. The van der Waals surface area contributed by atoms with Crippen LogP contribution in [-0.4, -0.2) is 50.6 Å². The van der Waals surface area contributed by atoms with Crippen LogP contribution in [0.5, 0.6) is 0 Å². The van der Waals surface area contributed by atoms with Crippen molar-refractivity contribution in [3.05, 3.63) is 0 Å². The van der Waals surface area contributed by atoms with Gasteiger partial charge in [-0.25, -0.2) is 0 Å². The van der Waals surface area contributed by atoms with Gasteiger partial charge < -0.3 is 19.5 Å². The Bertz CT molecular complexity index is 365. The Balaban J connectivity index is 1.40. The summed E-state index contributed by atoms with van der Waals surface area (Å²) in [5.74, 6) is 0.457. The lowest BCUT2D eigenvalue weighted by Crippen LogP contribution is -2.67. The highest BCUT2D eigenvalue weighted by atomic mass is 16.5. The molecule has 0 aromatic rings. The predicted octanol–water partition coefficient (Wildman–Crippen LogP) is 1.11. The van der Waals surface area contributed by atoms with Gasteiger partial charge in [0.2, 0.25) is 5.91 Å². The SMILES string of the molecule is CC1(C)[C@H](NC(=O)COC[C@@H]2CCCO2)[C@@H]2CCO[C@H]21. The molecule has 1 amide bonds. The molecule has 0 unspecified atom stereocenters. The Morgan fingerprint density at radius 2 is 2.15 bits per heavy atom. The first-order valence-electron chi connectivity index (χ1n) is 7.69. The number of nitrogens with one attached hydrogen (secondary N) is 1. The first kappa shape index (κ1) is 14.3. The predicted molar refractivity (Wildman–Crippen MR) is 73.4 cm³/mol. The monoisotopic (exact) mass is 283 g/mol. The number of hydrogen-bond donors (Lipinski definition) is 1. The van der Waals surface area contributed by atoms with Crippen LogP contribution in [0.15, 0.2) is 0 Å².